The summed E-state index contributed by atoms with van der Waals surface area (Å²) in [5.41, 5.74) is 0.355. The van der Waals surface area contributed by atoms with Gasteiger partial charge in [-0.1, -0.05) is 6.42 Å². The monoisotopic (exact) mass is 191 g/mol. The van der Waals surface area contributed by atoms with E-state index < -0.39 is 8.03 Å². The van der Waals surface area contributed by atoms with E-state index in [0.717, 1.165) is 12.8 Å². The van der Waals surface area contributed by atoms with E-state index >= 15 is 0 Å². The predicted molar refractivity (Wildman–Crippen MR) is 51.4 cm³/mol. The van der Waals surface area contributed by atoms with Crippen molar-refractivity contribution in [2.75, 3.05) is 7.11 Å². The van der Waals surface area contributed by atoms with Crippen molar-refractivity contribution in [2.24, 2.45) is 0 Å². The Kier molecular flexibility index (Phi) is 6.48. The first-order valence-electron chi connectivity index (χ1n) is 3.85. The molecule has 1 unspecified atom stereocenters. The first kappa shape index (κ1) is 11.6. The molecule has 1 rings (SSSR count). The minimum atomic E-state index is -1.35. The smallest absolute Gasteiger partial charge is 0.149 e. The molecule has 0 amide bonds. The van der Waals surface area contributed by atoms with Crippen molar-refractivity contribution < 1.29 is 9.09 Å². The first-order chi connectivity index (χ1) is 4.84. The molecule has 0 aromatic carbocycles. The van der Waals surface area contributed by atoms with Crippen LogP contribution in [0.2, 0.25) is 0 Å². The molecular weight excluding hydrogens is 174 g/mol. The maximum Gasteiger partial charge on any atom is 0.510 e. The molecule has 64 valence electrons. The van der Waals surface area contributed by atoms with Crippen LogP contribution in [0.15, 0.2) is 0 Å². The number of hydrogen-bond acceptors (Lipinski definition) is 2. The topological polar surface area (TPSA) is 26.3 Å². The second-order valence-corrected chi connectivity index (χ2v) is 4.43. The van der Waals surface area contributed by atoms with Gasteiger partial charge in [0.25, 0.3) is 0 Å². The van der Waals surface area contributed by atoms with Crippen LogP contribution in [0.25, 0.3) is 0 Å². The fourth-order valence-electron chi connectivity index (χ4n) is 1.44. The van der Waals surface area contributed by atoms with Crippen LogP contribution >= 0.6 is 8.03 Å². The third kappa shape index (κ3) is 3.67. The Morgan fingerprint density at radius 2 is 1.82 bits per heavy atom. The van der Waals surface area contributed by atoms with Gasteiger partial charge in [-0.15, -0.1) is 4.52 Å². The lowest BCUT2D eigenvalue weighted by molar-refractivity contribution is 0.385. The van der Waals surface area contributed by atoms with Crippen LogP contribution in [0.3, 0.4) is 0 Å². The Bertz CT molecular complexity index is 124. The molecule has 0 saturated heterocycles. The second-order valence-electron chi connectivity index (χ2n) is 2.76. The molecule has 0 heterocycles. The average Bonchev–Trinajstić information content (AvgIpc) is 2.05. The van der Waals surface area contributed by atoms with Gasteiger partial charge in [0, 0.05) is 0 Å². The molecule has 0 aliphatic heterocycles. The molecule has 0 bridgehead atoms. The van der Waals surface area contributed by atoms with Crippen LogP contribution in [0.4, 0.5) is 0 Å². The lowest BCUT2D eigenvalue weighted by Gasteiger charge is -2.10. The van der Waals surface area contributed by atoms with Crippen molar-refractivity contribution >= 4 is 25.4 Å². The lowest BCUT2D eigenvalue weighted by Crippen LogP contribution is -2.07. The van der Waals surface area contributed by atoms with Gasteiger partial charge in [0.1, 0.15) is 0 Å². The quantitative estimate of drug-likeness (QED) is 0.488. The van der Waals surface area contributed by atoms with Gasteiger partial charge in [-0.25, -0.2) is 0 Å². The lowest BCUT2D eigenvalue weighted by atomic mass is 10.0. The van der Waals surface area contributed by atoms with Gasteiger partial charge in [0.2, 0.25) is 0 Å². The third-order valence-electron chi connectivity index (χ3n) is 2.05. The molecule has 11 heavy (non-hydrogen) atoms. The Labute approximate surface area is 79.7 Å². The maximum atomic E-state index is 11.1. The summed E-state index contributed by atoms with van der Waals surface area (Å²) in [6.07, 6.45) is 5.97. The standard InChI is InChI=1S/C7H14O2P.Al.3H/c1-9-10(8)7-5-3-2-4-6-7;;;;/h7H,2-6H2,1H3;;;;/q+1;;;;. The molecule has 1 aliphatic carbocycles. The van der Waals surface area contributed by atoms with Crippen molar-refractivity contribution in [3.8, 4) is 0 Å². The van der Waals surface area contributed by atoms with Gasteiger partial charge in [-0.3, -0.25) is 0 Å². The van der Waals surface area contributed by atoms with E-state index in [1.807, 2.05) is 0 Å². The first-order valence-corrected chi connectivity index (χ1v) is 5.09. The van der Waals surface area contributed by atoms with E-state index in [2.05, 4.69) is 0 Å². The summed E-state index contributed by atoms with van der Waals surface area (Å²) in [6, 6.07) is 0. The van der Waals surface area contributed by atoms with Crippen LogP contribution in [0.5, 0.6) is 0 Å². The highest BCUT2D eigenvalue weighted by molar-refractivity contribution is 7.40. The average molecular weight is 191 g/mol. The second kappa shape index (κ2) is 6.15. The van der Waals surface area contributed by atoms with Gasteiger partial charge >= 0.3 is 8.03 Å². The van der Waals surface area contributed by atoms with Crippen LogP contribution in [-0.2, 0) is 9.09 Å². The molecule has 1 fully saturated rings. The highest BCUT2D eigenvalue weighted by Crippen LogP contribution is 2.38. The van der Waals surface area contributed by atoms with Crippen LogP contribution in [-0.4, -0.2) is 30.1 Å². The van der Waals surface area contributed by atoms with E-state index in [9.17, 15) is 4.57 Å². The van der Waals surface area contributed by atoms with Crippen molar-refractivity contribution in [1.29, 1.82) is 0 Å². The number of rotatable bonds is 2. The zero-order valence-corrected chi connectivity index (χ0v) is 7.27. The summed E-state index contributed by atoms with van der Waals surface area (Å²) in [5.74, 6) is 0. The normalized spacial score (nSPS) is 20.6. The van der Waals surface area contributed by atoms with Gasteiger partial charge in [-0.2, -0.15) is 0 Å². The van der Waals surface area contributed by atoms with E-state index in [1.54, 1.807) is 0 Å². The Hall–Kier alpha value is 0.592. The fraction of sp³-hybridized carbons (Fsp3) is 1.00. The maximum absolute atomic E-state index is 11.1. The Morgan fingerprint density at radius 3 is 2.27 bits per heavy atom. The van der Waals surface area contributed by atoms with E-state index in [-0.39, 0.29) is 17.4 Å². The SMILES string of the molecule is CO[P+](=O)C1CCCCC1.[AlH3]. The zero-order valence-electron chi connectivity index (χ0n) is 6.38. The summed E-state index contributed by atoms with van der Waals surface area (Å²) in [6.45, 7) is 0. The van der Waals surface area contributed by atoms with Crippen molar-refractivity contribution in [3.63, 3.8) is 0 Å². The van der Waals surface area contributed by atoms with Crippen molar-refractivity contribution in [2.45, 2.75) is 37.8 Å². The predicted octanol–water partition coefficient (Wildman–Crippen LogP) is 1.52. The summed E-state index contributed by atoms with van der Waals surface area (Å²) >= 11 is 0. The van der Waals surface area contributed by atoms with E-state index in [1.165, 1.54) is 26.4 Å². The molecule has 4 heteroatoms. The fourth-order valence-corrected chi connectivity index (χ4v) is 2.53. The zero-order chi connectivity index (χ0) is 7.40. The Balaban J connectivity index is 0.000001000. The molecule has 0 aromatic rings. The molecular formula is C7H17AlO2P+. The highest BCUT2D eigenvalue weighted by atomic mass is 31.1. The summed E-state index contributed by atoms with van der Waals surface area (Å²) < 4.78 is 15.9. The summed E-state index contributed by atoms with van der Waals surface area (Å²) in [4.78, 5) is 0. The largest absolute Gasteiger partial charge is 0.510 e. The third-order valence-corrected chi connectivity index (χ3v) is 3.53. The molecule has 1 saturated carbocycles. The molecule has 2 nitrogen and oxygen atoms in total. The van der Waals surface area contributed by atoms with Gasteiger partial charge in [0.15, 0.2) is 23.0 Å². The molecule has 1 atom stereocenters. The van der Waals surface area contributed by atoms with Gasteiger partial charge in [-0.05, 0) is 30.2 Å². The molecule has 0 radical (unpaired) electrons. The molecule has 1 aliphatic rings. The van der Waals surface area contributed by atoms with E-state index in [0.29, 0.717) is 5.66 Å². The summed E-state index contributed by atoms with van der Waals surface area (Å²) in [7, 11) is 0.189. The van der Waals surface area contributed by atoms with Gasteiger partial charge < -0.3 is 0 Å². The van der Waals surface area contributed by atoms with E-state index in [4.69, 9.17) is 4.52 Å². The van der Waals surface area contributed by atoms with Crippen LogP contribution in [0, 0.1) is 0 Å². The van der Waals surface area contributed by atoms with Crippen LogP contribution in [0.1, 0.15) is 32.1 Å². The van der Waals surface area contributed by atoms with Gasteiger partial charge in [0.05, 0.1) is 7.11 Å². The molecule has 0 N–H and O–H groups in total. The summed E-state index contributed by atoms with van der Waals surface area (Å²) in [5, 5.41) is 0. The van der Waals surface area contributed by atoms with Crippen molar-refractivity contribution in [3.05, 3.63) is 0 Å². The number of hydrogen-bond donors (Lipinski definition) is 0. The molecule has 0 aromatic heterocycles. The molecule has 0 spiro atoms. The van der Waals surface area contributed by atoms with Crippen LogP contribution < -0.4 is 0 Å². The minimum absolute atomic E-state index is 0. The highest BCUT2D eigenvalue weighted by Gasteiger charge is 2.32. The Morgan fingerprint density at radius 1 is 1.27 bits per heavy atom. The minimum Gasteiger partial charge on any atom is -0.149 e. The van der Waals surface area contributed by atoms with Crippen molar-refractivity contribution in [1.82, 2.24) is 0 Å².